The number of halogens is 3. The zero-order chi connectivity index (χ0) is 26.4. The van der Waals surface area contributed by atoms with Crippen LogP contribution >= 0.6 is 0 Å². The van der Waals surface area contributed by atoms with Gasteiger partial charge in [-0.2, -0.15) is 18.2 Å². The molecule has 0 spiro atoms. The third-order valence-electron chi connectivity index (χ3n) is 6.70. The molecule has 2 fully saturated rings. The van der Waals surface area contributed by atoms with Gasteiger partial charge in [0.2, 0.25) is 11.8 Å². The van der Waals surface area contributed by atoms with Gasteiger partial charge in [-0.25, -0.2) is 19.9 Å². The van der Waals surface area contributed by atoms with Crippen LogP contribution in [-0.4, -0.2) is 36.6 Å². The van der Waals surface area contributed by atoms with Crippen molar-refractivity contribution >= 4 is 0 Å². The van der Waals surface area contributed by atoms with Crippen LogP contribution in [0.1, 0.15) is 60.2 Å². The van der Waals surface area contributed by atoms with Gasteiger partial charge in [-0.1, -0.05) is 24.3 Å². The van der Waals surface area contributed by atoms with E-state index in [9.17, 15) is 13.2 Å². The fourth-order valence-corrected chi connectivity index (χ4v) is 4.38. The third-order valence-corrected chi connectivity index (χ3v) is 6.70. The fourth-order valence-electron chi connectivity index (χ4n) is 4.38. The lowest BCUT2D eigenvalue weighted by Crippen LogP contribution is -2.05. The Hall–Kier alpha value is -4.02. The molecule has 0 atom stereocenters. The van der Waals surface area contributed by atoms with Gasteiger partial charge in [0.15, 0.2) is 11.5 Å². The lowest BCUT2D eigenvalue weighted by atomic mass is 10.1. The van der Waals surface area contributed by atoms with E-state index in [2.05, 4.69) is 24.9 Å². The zero-order valence-electron chi connectivity index (χ0n) is 20.9. The molecule has 2 aliphatic rings. The summed E-state index contributed by atoms with van der Waals surface area (Å²) in [4.78, 5) is 21.7. The fraction of sp³-hybridized carbons (Fsp3) is 0.370. The van der Waals surface area contributed by atoms with Crippen molar-refractivity contribution in [3.63, 3.8) is 0 Å². The number of rotatable bonds is 8. The third kappa shape index (κ3) is 4.80. The van der Waals surface area contributed by atoms with Crippen LogP contribution in [0, 0.1) is 6.92 Å². The molecular weight excluding hydrogens is 497 g/mol. The van der Waals surface area contributed by atoms with E-state index in [1.54, 1.807) is 30.0 Å². The smallest absolute Gasteiger partial charge is 0.434 e. The second-order valence-corrected chi connectivity index (χ2v) is 9.67. The van der Waals surface area contributed by atoms with Gasteiger partial charge in [0, 0.05) is 35.5 Å². The van der Waals surface area contributed by atoms with E-state index in [4.69, 9.17) is 9.47 Å². The molecule has 11 heteroatoms. The molecular formula is C27H25F3N6O2. The van der Waals surface area contributed by atoms with Crippen LogP contribution in [0.4, 0.5) is 13.2 Å². The molecule has 2 aliphatic carbocycles. The average molecular weight is 523 g/mol. The topological polar surface area (TPSA) is 87.8 Å². The van der Waals surface area contributed by atoms with Crippen LogP contribution in [0.15, 0.2) is 43.0 Å². The summed E-state index contributed by atoms with van der Waals surface area (Å²) >= 11 is 0. The molecule has 0 radical (unpaired) electrons. The van der Waals surface area contributed by atoms with Gasteiger partial charge in [-0.15, -0.1) is 0 Å². The second-order valence-electron chi connectivity index (χ2n) is 9.67. The maximum absolute atomic E-state index is 13.3. The van der Waals surface area contributed by atoms with Crippen molar-refractivity contribution < 1.29 is 22.6 Å². The van der Waals surface area contributed by atoms with E-state index in [0.717, 1.165) is 48.7 Å². The number of ether oxygens (including phenoxy) is 2. The van der Waals surface area contributed by atoms with Crippen molar-refractivity contribution in [1.29, 1.82) is 0 Å². The van der Waals surface area contributed by atoms with Gasteiger partial charge in [0.1, 0.15) is 24.3 Å². The monoisotopic (exact) mass is 522 g/mol. The first-order chi connectivity index (χ1) is 18.3. The summed E-state index contributed by atoms with van der Waals surface area (Å²) < 4.78 is 52.9. The van der Waals surface area contributed by atoms with Crippen LogP contribution < -0.4 is 9.47 Å². The number of hydrogen-bond acceptors (Lipinski definition) is 7. The molecule has 0 bridgehead atoms. The molecule has 0 N–H and O–H groups in total. The summed E-state index contributed by atoms with van der Waals surface area (Å²) in [5, 5.41) is 0. The van der Waals surface area contributed by atoms with Gasteiger partial charge in [-0.05, 0) is 38.2 Å². The predicted molar refractivity (Wildman–Crippen MR) is 132 cm³/mol. The van der Waals surface area contributed by atoms with E-state index < -0.39 is 11.9 Å². The number of aryl methyl sites for hydroxylation is 1. The first-order valence-electron chi connectivity index (χ1n) is 12.4. The molecule has 38 heavy (non-hydrogen) atoms. The Morgan fingerprint density at radius 3 is 2.39 bits per heavy atom. The van der Waals surface area contributed by atoms with Gasteiger partial charge in [-0.3, -0.25) is 0 Å². The van der Waals surface area contributed by atoms with E-state index in [1.165, 1.54) is 6.33 Å². The van der Waals surface area contributed by atoms with Crippen molar-refractivity contribution in [2.75, 3.05) is 7.11 Å². The maximum atomic E-state index is 13.3. The number of nitrogens with zero attached hydrogens (tertiary/aromatic N) is 6. The second kappa shape index (κ2) is 9.38. The Morgan fingerprint density at radius 2 is 1.74 bits per heavy atom. The van der Waals surface area contributed by atoms with Gasteiger partial charge < -0.3 is 14.0 Å². The van der Waals surface area contributed by atoms with Gasteiger partial charge in [0.05, 0.1) is 12.8 Å². The number of imidazole rings is 1. The quantitative estimate of drug-likeness (QED) is 0.284. The molecule has 0 amide bonds. The molecule has 6 rings (SSSR count). The highest BCUT2D eigenvalue weighted by molar-refractivity contribution is 5.66. The summed E-state index contributed by atoms with van der Waals surface area (Å²) in [7, 11) is 1.55. The summed E-state index contributed by atoms with van der Waals surface area (Å²) in [5.74, 6) is 1.95. The zero-order valence-corrected chi connectivity index (χ0v) is 20.9. The van der Waals surface area contributed by atoms with Crippen LogP contribution in [0.3, 0.4) is 0 Å². The lowest BCUT2D eigenvalue weighted by Gasteiger charge is -2.13. The van der Waals surface area contributed by atoms with Crippen LogP contribution in [0.2, 0.25) is 0 Å². The summed E-state index contributed by atoms with van der Waals surface area (Å²) in [5.41, 5.74) is 2.91. The molecule has 3 aromatic heterocycles. The maximum Gasteiger partial charge on any atom is 0.434 e. The van der Waals surface area contributed by atoms with Crippen LogP contribution in [0.5, 0.6) is 11.8 Å². The Labute approximate surface area is 216 Å². The highest BCUT2D eigenvalue weighted by atomic mass is 19.4. The minimum atomic E-state index is -4.48. The Kier molecular flexibility index (Phi) is 6.00. The number of alkyl halides is 3. The Bertz CT molecular complexity index is 1480. The van der Waals surface area contributed by atoms with Crippen molar-refractivity contribution in [2.45, 2.75) is 57.3 Å². The summed E-state index contributed by atoms with van der Waals surface area (Å²) in [6.07, 6.45) is 3.64. The normalized spacial score (nSPS) is 15.5. The van der Waals surface area contributed by atoms with Crippen molar-refractivity contribution in [1.82, 2.24) is 29.5 Å². The van der Waals surface area contributed by atoms with Crippen LogP contribution in [0.25, 0.3) is 22.8 Å². The van der Waals surface area contributed by atoms with Crippen molar-refractivity contribution in [3.05, 3.63) is 65.5 Å². The largest absolute Gasteiger partial charge is 0.480 e. The molecule has 2 saturated carbocycles. The number of benzene rings is 1. The summed E-state index contributed by atoms with van der Waals surface area (Å²) in [6, 6.07) is 7.26. The van der Waals surface area contributed by atoms with Crippen molar-refractivity contribution in [2.24, 2.45) is 0 Å². The van der Waals surface area contributed by atoms with E-state index in [1.807, 2.05) is 19.1 Å². The number of hydrogen-bond donors (Lipinski definition) is 0. The van der Waals surface area contributed by atoms with Gasteiger partial charge >= 0.3 is 6.18 Å². The molecule has 1 aromatic carbocycles. The first kappa shape index (κ1) is 24.3. The molecule has 4 aromatic rings. The Balaban J connectivity index is 1.22. The highest BCUT2D eigenvalue weighted by Gasteiger charge is 2.37. The molecule has 0 unspecified atom stereocenters. The lowest BCUT2D eigenvalue weighted by molar-refractivity contribution is -0.140. The number of aromatic nitrogens is 6. The minimum absolute atomic E-state index is 0.0700. The molecule has 0 aliphatic heterocycles. The van der Waals surface area contributed by atoms with Gasteiger partial charge in [0.25, 0.3) is 0 Å². The first-order valence-corrected chi connectivity index (χ1v) is 12.4. The minimum Gasteiger partial charge on any atom is -0.480 e. The predicted octanol–water partition coefficient (Wildman–Crippen LogP) is 5.92. The Morgan fingerprint density at radius 1 is 0.974 bits per heavy atom. The molecule has 0 saturated heterocycles. The molecule has 8 nitrogen and oxygen atoms in total. The average Bonchev–Trinajstić information content (AvgIpc) is 3.86. The van der Waals surface area contributed by atoms with Crippen molar-refractivity contribution in [3.8, 4) is 34.5 Å². The molecule has 196 valence electrons. The molecule has 3 heterocycles. The van der Waals surface area contributed by atoms with E-state index in [-0.39, 0.29) is 12.6 Å². The van der Waals surface area contributed by atoms with E-state index in [0.29, 0.717) is 40.5 Å². The van der Waals surface area contributed by atoms with E-state index >= 15 is 0 Å². The highest BCUT2D eigenvalue weighted by Crippen LogP contribution is 2.45. The number of methoxy groups -OCH3 is 1. The summed E-state index contributed by atoms with van der Waals surface area (Å²) in [6.45, 7) is 2.08. The standard InChI is InChI=1S/C27H25F3N6O2/c1-15-11-31-23(21-22(17-7-8-17)32-14-33-26(21)37-2)35-25(15)38-13-16-3-5-18(6-4-16)24-34-20(27(28,29)30)12-36(24)19-9-10-19/h3-6,11-12,14,17,19H,7-10,13H2,1-2H3. The SMILES string of the molecule is COc1ncnc(C2CC2)c1-c1ncc(C)c(OCc2ccc(-c3nc(C(F)(F)F)cn3C3CC3)cc2)n1. The van der Waals surface area contributed by atoms with Crippen LogP contribution in [-0.2, 0) is 12.8 Å².